The minimum atomic E-state index is 0. The molecule has 0 unspecified atom stereocenters. The number of carbonyl (C=O) groups is 4. The molecule has 0 atom stereocenters. The Balaban J connectivity index is 0.000000812. The van der Waals surface area contributed by atoms with Crippen LogP contribution in [0, 0.1) is 148 Å². The number of aliphatic hydroxyl groups excluding tert-OH is 4. The number of para-hydroxylation sites is 1. The maximum atomic E-state index is 11.7. The Bertz CT molecular complexity index is 5740. The van der Waals surface area contributed by atoms with Crippen molar-refractivity contribution < 1.29 is 120 Å². The monoisotopic (exact) mass is 2630 g/mol. The number of fused-ring (bicyclic) bond motifs is 4. The second-order valence-corrected chi connectivity index (χ2v) is 37.3. The molecule has 0 amide bonds. The van der Waals surface area contributed by atoms with Gasteiger partial charge < -0.3 is 20.4 Å². The van der Waals surface area contributed by atoms with E-state index in [1.54, 1.807) is 0 Å². The Hall–Kier alpha value is -9.16. The summed E-state index contributed by atoms with van der Waals surface area (Å²) in [5, 5.41) is 43.9. The van der Waals surface area contributed by atoms with Gasteiger partial charge in [0, 0.05) is 168 Å². The standard InChI is InChI=1S/C20H20N.C19H18N.C18H16N.C17H14N.4C13H24O2.4Ir/c1-13(2)17-6-5-7-20-18(17)8-9-19(21-20)16-11-14(3)10-15(4)12-16;1-12-7-13(2)10-16(9-12)18-6-5-17-15(4)8-14(3)11-19(17)20-18;1-12-9-13(2)11-15(10-12)17-8-7-16-14(3)5-4-6-18(16)19-17;1-12-9-13(2)11-15(10-12)17-8-7-14-5-3-4-6-16(14)18-17;4*1-5-10(6-2)12(14)9-13(15)11(7-3)8-4;;;;/h5-11,13H,1-4H3;5-9,11H,1-4H3;4-10H,1-3H3;3-10H,1-2H3;4*9-11,14H,5-8H2,1-4H3;;;;/q4*-1;;;;;;;;. The van der Waals surface area contributed by atoms with E-state index in [9.17, 15) is 39.6 Å². The van der Waals surface area contributed by atoms with Gasteiger partial charge in [-0.05, 0) is 204 Å². The quantitative estimate of drug-likeness (QED) is 0.0173. The smallest absolute Gasteiger partial charge is 0.162 e. The van der Waals surface area contributed by atoms with E-state index in [-0.39, 0.29) is 174 Å². The first-order chi connectivity index (χ1) is 65.8. The molecule has 4 N–H and O–H groups in total. The van der Waals surface area contributed by atoms with Gasteiger partial charge in [0.2, 0.25) is 0 Å². The predicted octanol–water partition coefficient (Wildman–Crippen LogP) is 34.8. The number of hydrogen-bond donors (Lipinski definition) is 4. The average molecular weight is 2630 g/mol. The number of aromatic nitrogens is 4. The summed E-state index contributed by atoms with van der Waals surface area (Å²) in [5.74, 6) is 2.70. The van der Waals surface area contributed by atoms with Gasteiger partial charge in [-0.3, -0.25) is 39.1 Å². The number of aryl methyl sites for hydroxylation is 11. The van der Waals surface area contributed by atoms with Crippen LogP contribution in [0.5, 0.6) is 0 Å². The zero-order valence-electron chi connectivity index (χ0n) is 90.5. The molecule has 0 saturated heterocycles. The molecule has 776 valence electrons. The SMILES string of the molecule is CCC(CC)C(=O)C=C(O)C(CC)CC.CCC(CC)C(=O)C=C(O)C(CC)CC.CCC(CC)C(=O)C=C(O)C(CC)CC.CCC(CC)C(=O)C=C(O)C(CC)CC.Cc1[c-]c(-c2ccc3c(C(C)C)cccc3n2)cc(C)c1.Cc1[c-]c(-c2ccc3c(C)cc(C)cc3n2)cc(C)c1.Cc1[c-]c(-c2ccc3c(C)cccc3n2)cc(C)c1.Cc1[c-]c(-c2ccc3ccccc3n2)cc(C)c1.[Ir].[Ir].[Ir].[Ir]. The predicted molar refractivity (Wildman–Crippen MR) is 586 cm³/mol. The topological polar surface area (TPSA) is 201 Å². The van der Waals surface area contributed by atoms with Crippen molar-refractivity contribution in [1.29, 1.82) is 0 Å². The van der Waals surface area contributed by atoms with E-state index in [1.165, 1.54) is 90.4 Å². The second-order valence-electron chi connectivity index (χ2n) is 37.3. The first-order valence-corrected chi connectivity index (χ1v) is 51.1. The van der Waals surface area contributed by atoms with Crippen LogP contribution < -0.4 is 0 Å². The molecule has 0 bridgehead atoms. The molecule has 12 aromatic rings. The molecule has 0 aliphatic heterocycles. The van der Waals surface area contributed by atoms with Crippen LogP contribution >= 0.6 is 0 Å². The van der Waals surface area contributed by atoms with Gasteiger partial charge in [0.25, 0.3) is 0 Å². The summed E-state index contributed by atoms with van der Waals surface area (Å²) in [6, 6.07) is 72.8. The first kappa shape index (κ1) is 131. The van der Waals surface area contributed by atoms with Gasteiger partial charge in [0.05, 0.1) is 45.1 Å². The summed E-state index contributed by atoms with van der Waals surface area (Å²) in [6.07, 6.45) is 19.6. The molecular weight excluding hydrogens is 2470 g/mol. The zero-order chi connectivity index (χ0) is 103. The van der Waals surface area contributed by atoms with E-state index >= 15 is 0 Å². The number of carbonyl (C=O) groups excluding carboxylic acids is 4. The molecule has 4 radical (unpaired) electrons. The number of rotatable bonds is 33. The van der Waals surface area contributed by atoms with E-state index in [4.69, 9.17) is 19.9 Å². The fourth-order valence-corrected chi connectivity index (χ4v) is 17.5. The van der Waals surface area contributed by atoms with Crippen molar-refractivity contribution in [2.24, 2.45) is 47.3 Å². The van der Waals surface area contributed by atoms with Crippen LogP contribution in [0.15, 0.2) is 217 Å². The van der Waals surface area contributed by atoms with Crippen molar-refractivity contribution in [3.8, 4) is 45.0 Å². The van der Waals surface area contributed by atoms with Crippen LogP contribution in [0.4, 0.5) is 0 Å². The van der Waals surface area contributed by atoms with Gasteiger partial charge in [-0.2, -0.15) is 0 Å². The van der Waals surface area contributed by atoms with Crippen LogP contribution in [0.1, 0.15) is 300 Å². The Labute approximate surface area is 909 Å². The number of pyridine rings is 4. The Morgan fingerprint density at radius 2 is 0.507 bits per heavy atom. The van der Waals surface area contributed by atoms with Crippen molar-refractivity contribution in [1.82, 2.24) is 19.9 Å². The summed E-state index contributed by atoms with van der Waals surface area (Å²) in [4.78, 5) is 66.0. The summed E-state index contributed by atoms with van der Waals surface area (Å²) in [6.45, 7) is 59.8. The van der Waals surface area contributed by atoms with Gasteiger partial charge in [-0.15, -0.1) is 140 Å². The Morgan fingerprint density at radius 1 is 0.261 bits per heavy atom. The molecule has 0 aliphatic rings. The van der Waals surface area contributed by atoms with Crippen LogP contribution in [0.2, 0.25) is 0 Å². The fraction of sp³-hybridized carbons (Fsp3) is 0.429. The van der Waals surface area contributed by atoms with Crippen molar-refractivity contribution >= 4 is 66.7 Å². The molecule has 12 rings (SSSR count). The molecule has 0 saturated carbocycles. The van der Waals surface area contributed by atoms with Crippen LogP contribution in [-0.2, 0) is 99.6 Å². The van der Waals surface area contributed by atoms with Gasteiger partial charge in [0.15, 0.2) is 23.1 Å². The molecule has 16 heteroatoms. The maximum Gasteiger partial charge on any atom is 0.162 e. The number of allylic oxidation sites excluding steroid dienone is 8. The van der Waals surface area contributed by atoms with E-state index in [2.05, 4.69) is 266 Å². The van der Waals surface area contributed by atoms with Crippen molar-refractivity contribution in [2.75, 3.05) is 0 Å². The third-order valence-corrected chi connectivity index (χ3v) is 26.1. The first-order valence-electron chi connectivity index (χ1n) is 51.1. The van der Waals surface area contributed by atoms with Crippen molar-refractivity contribution in [3.05, 3.63) is 308 Å². The number of hydrogen-bond acceptors (Lipinski definition) is 12. The molecule has 4 aromatic heterocycles. The largest absolute Gasteiger partial charge is 0.512 e. The van der Waals surface area contributed by atoms with Crippen molar-refractivity contribution in [2.45, 2.75) is 309 Å². The molecule has 4 heterocycles. The van der Waals surface area contributed by atoms with Gasteiger partial charge in [-0.25, -0.2) is 0 Å². The van der Waals surface area contributed by atoms with E-state index in [0.29, 0.717) is 5.92 Å². The summed E-state index contributed by atoms with van der Waals surface area (Å²) in [7, 11) is 0. The third kappa shape index (κ3) is 41.8. The van der Waals surface area contributed by atoms with Gasteiger partial charge in [-0.1, -0.05) is 277 Å². The van der Waals surface area contributed by atoms with E-state index in [0.717, 1.165) is 192 Å². The van der Waals surface area contributed by atoms with E-state index < -0.39 is 0 Å². The molecule has 0 fully saturated rings. The number of nitrogens with zero attached hydrogens (tertiary/aromatic N) is 4. The normalized spacial score (nSPS) is 11.3. The molecule has 0 spiro atoms. The van der Waals surface area contributed by atoms with Crippen LogP contribution in [0.25, 0.3) is 88.6 Å². The summed E-state index contributed by atoms with van der Waals surface area (Å²) < 4.78 is 0. The summed E-state index contributed by atoms with van der Waals surface area (Å²) in [5.41, 5.74) is 27.2. The Morgan fingerprint density at radius 3 is 0.803 bits per heavy atom. The number of aliphatic hydroxyl groups is 4. The summed E-state index contributed by atoms with van der Waals surface area (Å²) >= 11 is 0. The molecule has 12 nitrogen and oxygen atoms in total. The zero-order valence-corrected chi connectivity index (χ0v) is 100. The Kier molecular flexibility index (Phi) is 62.9. The average Bonchev–Trinajstić information content (AvgIpc) is 0.825. The fourth-order valence-electron chi connectivity index (χ4n) is 17.5. The van der Waals surface area contributed by atoms with Crippen LogP contribution in [-0.4, -0.2) is 63.5 Å². The molecule has 0 aliphatic carbocycles. The minimum Gasteiger partial charge on any atom is -0.512 e. The number of ketones is 4. The van der Waals surface area contributed by atoms with E-state index in [1.807, 2.05) is 129 Å². The van der Waals surface area contributed by atoms with Crippen LogP contribution in [0.3, 0.4) is 0 Å². The second kappa shape index (κ2) is 68.3. The molecule has 8 aromatic carbocycles. The third-order valence-electron chi connectivity index (χ3n) is 26.1. The maximum absolute atomic E-state index is 11.7. The number of benzene rings is 8. The van der Waals surface area contributed by atoms with Crippen molar-refractivity contribution in [3.63, 3.8) is 0 Å². The van der Waals surface area contributed by atoms with Gasteiger partial charge in [0.1, 0.15) is 0 Å². The minimum absolute atomic E-state index is 0. The molecule has 142 heavy (non-hydrogen) atoms. The molecular formula is C126H164Ir4N4O8-4. The van der Waals surface area contributed by atoms with Gasteiger partial charge >= 0.3 is 0 Å².